The Hall–Kier alpha value is -1.13. The minimum absolute atomic E-state index is 0.0734. The lowest BCUT2D eigenvalue weighted by Crippen LogP contribution is -2.40. The van der Waals surface area contributed by atoms with Gasteiger partial charge in [0, 0.05) is 0 Å². The van der Waals surface area contributed by atoms with Crippen molar-refractivity contribution in [3.63, 3.8) is 0 Å². The van der Waals surface area contributed by atoms with Crippen LogP contribution in [0.3, 0.4) is 0 Å². The van der Waals surface area contributed by atoms with Crippen molar-refractivity contribution in [2.75, 3.05) is 31.2 Å². The van der Waals surface area contributed by atoms with Crippen molar-refractivity contribution >= 4 is 5.82 Å². The number of nitrogens with one attached hydrogen (secondary N) is 1. The number of aromatic amines is 1. The van der Waals surface area contributed by atoms with Crippen molar-refractivity contribution < 1.29 is 14.8 Å². The van der Waals surface area contributed by atoms with Gasteiger partial charge in [0.15, 0.2) is 0 Å². The summed E-state index contributed by atoms with van der Waals surface area (Å²) in [6, 6.07) is 3.83. The number of pyridine rings is 1. The van der Waals surface area contributed by atoms with Gasteiger partial charge in [0.25, 0.3) is 5.82 Å². The lowest BCUT2D eigenvalue weighted by molar-refractivity contribution is -0.365. The molecule has 0 aliphatic carbocycles. The van der Waals surface area contributed by atoms with Gasteiger partial charge in [-0.05, 0) is 12.1 Å². The van der Waals surface area contributed by atoms with E-state index in [0.717, 1.165) is 37.7 Å². The number of aromatic nitrogens is 1. The van der Waals surface area contributed by atoms with E-state index in [4.69, 9.17) is 4.74 Å². The van der Waals surface area contributed by atoms with Gasteiger partial charge >= 0.3 is 0 Å². The lowest BCUT2D eigenvalue weighted by Gasteiger charge is -2.22. The average Bonchev–Trinajstić information content (AvgIpc) is 2.30. The van der Waals surface area contributed by atoms with Gasteiger partial charge < -0.3 is 9.84 Å². The van der Waals surface area contributed by atoms with Crippen LogP contribution in [0.25, 0.3) is 0 Å². The summed E-state index contributed by atoms with van der Waals surface area (Å²) in [6.45, 7) is 3.35. The highest BCUT2D eigenvalue weighted by molar-refractivity contribution is 5.41. The second kappa shape index (κ2) is 4.39. The summed E-state index contributed by atoms with van der Waals surface area (Å²) < 4.78 is 5.28. The van der Waals surface area contributed by atoms with Crippen LogP contribution < -0.4 is 9.88 Å². The maximum atomic E-state index is 9.17. The molecule has 4 heteroatoms. The van der Waals surface area contributed by atoms with Gasteiger partial charge in [0.2, 0.25) is 0 Å². The molecule has 2 N–H and O–H groups in total. The molecule has 1 aliphatic rings. The molecule has 0 bridgehead atoms. The molecule has 0 unspecified atom stereocenters. The molecule has 1 aliphatic heterocycles. The number of H-pyrrole nitrogens is 1. The van der Waals surface area contributed by atoms with Crippen LogP contribution in [0.4, 0.5) is 5.82 Å². The van der Waals surface area contributed by atoms with Gasteiger partial charge in [-0.25, -0.2) is 4.98 Å². The van der Waals surface area contributed by atoms with Crippen LogP contribution in [-0.2, 0) is 11.3 Å². The summed E-state index contributed by atoms with van der Waals surface area (Å²) in [7, 11) is 0. The fraction of sp³-hybridized carbons (Fsp3) is 0.500. The number of rotatable bonds is 2. The number of nitrogens with zero attached hydrogens (tertiary/aromatic N) is 1. The quantitative estimate of drug-likeness (QED) is 0.712. The molecule has 0 spiro atoms. The molecular formula is C10H15N2O2+. The van der Waals surface area contributed by atoms with Crippen LogP contribution in [-0.4, -0.2) is 31.4 Å². The van der Waals surface area contributed by atoms with E-state index in [1.807, 2.05) is 18.3 Å². The van der Waals surface area contributed by atoms with Crippen LogP contribution in [0.2, 0.25) is 0 Å². The third kappa shape index (κ3) is 1.86. The summed E-state index contributed by atoms with van der Waals surface area (Å²) >= 11 is 0. The van der Waals surface area contributed by atoms with E-state index in [1.165, 1.54) is 0 Å². The third-order valence-corrected chi connectivity index (χ3v) is 2.42. The van der Waals surface area contributed by atoms with E-state index in [-0.39, 0.29) is 6.61 Å². The van der Waals surface area contributed by atoms with Crippen molar-refractivity contribution in [3.05, 3.63) is 23.9 Å². The second-order valence-corrected chi connectivity index (χ2v) is 3.30. The number of anilines is 1. The Bertz CT molecular complexity index is 298. The highest BCUT2D eigenvalue weighted by Gasteiger charge is 2.21. The third-order valence-electron chi connectivity index (χ3n) is 2.42. The maximum Gasteiger partial charge on any atom is 0.280 e. The molecule has 0 amide bonds. The second-order valence-electron chi connectivity index (χ2n) is 3.30. The maximum absolute atomic E-state index is 9.17. The molecular weight excluding hydrogens is 180 g/mol. The Morgan fingerprint density at radius 1 is 1.43 bits per heavy atom. The van der Waals surface area contributed by atoms with Crippen LogP contribution in [0.1, 0.15) is 5.56 Å². The average molecular weight is 195 g/mol. The first-order chi connectivity index (χ1) is 6.92. The predicted molar refractivity (Wildman–Crippen MR) is 52.0 cm³/mol. The molecule has 2 rings (SSSR count). The Morgan fingerprint density at radius 2 is 2.21 bits per heavy atom. The number of aliphatic hydroxyl groups is 1. The molecule has 1 saturated heterocycles. The first-order valence-corrected chi connectivity index (χ1v) is 4.85. The van der Waals surface area contributed by atoms with Crippen LogP contribution in [0.15, 0.2) is 18.3 Å². The van der Waals surface area contributed by atoms with Crippen molar-refractivity contribution in [1.82, 2.24) is 0 Å². The number of morpholine rings is 1. The molecule has 1 fully saturated rings. The normalized spacial score (nSPS) is 17.1. The highest BCUT2D eigenvalue weighted by Crippen LogP contribution is 2.14. The molecule has 14 heavy (non-hydrogen) atoms. The van der Waals surface area contributed by atoms with E-state index in [2.05, 4.69) is 9.88 Å². The van der Waals surface area contributed by atoms with Gasteiger partial charge in [-0.15, -0.1) is 0 Å². The summed E-state index contributed by atoms with van der Waals surface area (Å²) in [4.78, 5) is 5.37. The zero-order chi connectivity index (χ0) is 9.80. The zero-order valence-corrected chi connectivity index (χ0v) is 8.07. The molecule has 0 saturated carbocycles. The standard InChI is InChI=1S/C10H14N2O2/c13-8-9-2-1-3-11-10(9)12-4-6-14-7-5-12/h1-3,13H,4-8H2/p+1. The molecule has 0 atom stereocenters. The van der Waals surface area contributed by atoms with Crippen molar-refractivity contribution in [2.24, 2.45) is 0 Å². The molecule has 76 valence electrons. The lowest BCUT2D eigenvalue weighted by atomic mass is 10.2. The van der Waals surface area contributed by atoms with E-state index in [9.17, 15) is 5.11 Å². The Balaban J connectivity index is 2.20. The first kappa shape index (κ1) is 9.43. The molecule has 1 aromatic rings. The summed E-state index contributed by atoms with van der Waals surface area (Å²) in [5.41, 5.74) is 0.939. The van der Waals surface area contributed by atoms with Gasteiger partial charge in [0.05, 0.1) is 31.6 Å². The van der Waals surface area contributed by atoms with Crippen LogP contribution in [0, 0.1) is 0 Å². The Kier molecular flexibility index (Phi) is 2.96. The summed E-state index contributed by atoms with van der Waals surface area (Å²) in [5, 5.41) is 9.17. The summed E-state index contributed by atoms with van der Waals surface area (Å²) in [6.07, 6.45) is 1.88. The summed E-state index contributed by atoms with van der Waals surface area (Å²) in [5.74, 6) is 1.01. The van der Waals surface area contributed by atoms with Crippen molar-refractivity contribution in [1.29, 1.82) is 0 Å². The van der Waals surface area contributed by atoms with Crippen LogP contribution in [0.5, 0.6) is 0 Å². The predicted octanol–water partition coefficient (Wildman–Crippen LogP) is -0.170. The molecule has 0 radical (unpaired) electrons. The molecule has 1 aromatic heterocycles. The number of aliphatic hydroxyl groups excluding tert-OH is 1. The molecule has 0 aromatic carbocycles. The molecule has 4 nitrogen and oxygen atoms in total. The fourth-order valence-electron chi connectivity index (χ4n) is 1.67. The Morgan fingerprint density at radius 3 is 2.93 bits per heavy atom. The minimum Gasteiger partial charge on any atom is -0.391 e. The van der Waals surface area contributed by atoms with E-state index >= 15 is 0 Å². The fourth-order valence-corrected chi connectivity index (χ4v) is 1.67. The van der Waals surface area contributed by atoms with E-state index in [0.29, 0.717) is 0 Å². The number of hydrogen-bond donors (Lipinski definition) is 1. The SMILES string of the molecule is OCc1ccc[nH+]c1N1CCOCC1. The van der Waals surface area contributed by atoms with Crippen LogP contribution >= 0.6 is 0 Å². The largest absolute Gasteiger partial charge is 0.391 e. The van der Waals surface area contributed by atoms with Gasteiger partial charge in [-0.2, -0.15) is 0 Å². The monoisotopic (exact) mass is 195 g/mol. The molecule has 2 heterocycles. The van der Waals surface area contributed by atoms with Gasteiger partial charge in [-0.3, -0.25) is 4.90 Å². The highest BCUT2D eigenvalue weighted by atomic mass is 16.5. The zero-order valence-electron chi connectivity index (χ0n) is 8.07. The van der Waals surface area contributed by atoms with E-state index < -0.39 is 0 Å². The number of ether oxygens (including phenoxy) is 1. The number of hydrogen-bond acceptors (Lipinski definition) is 3. The first-order valence-electron chi connectivity index (χ1n) is 4.85. The smallest absolute Gasteiger partial charge is 0.280 e. The topological polar surface area (TPSA) is 46.8 Å². The Labute approximate surface area is 83.1 Å². The minimum atomic E-state index is 0.0734. The van der Waals surface area contributed by atoms with E-state index in [1.54, 1.807) is 0 Å². The van der Waals surface area contributed by atoms with Gasteiger partial charge in [0.1, 0.15) is 13.1 Å². The van der Waals surface area contributed by atoms with Crippen molar-refractivity contribution in [2.45, 2.75) is 6.61 Å². The van der Waals surface area contributed by atoms with Gasteiger partial charge in [-0.1, -0.05) is 0 Å². The van der Waals surface area contributed by atoms with Crippen molar-refractivity contribution in [3.8, 4) is 0 Å².